The van der Waals surface area contributed by atoms with Gasteiger partial charge in [0.25, 0.3) is 11.8 Å². The molecule has 0 spiro atoms. The molecule has 57 heavy (non-hydrogen) atoms. The number of halogens is 4. The number of hydrogen-bond acceptors (Lipinski definition) is 7. The number of nitrogens with one attached hydrogen (secondary N) is 4. The molecular formula is C41H39ClF3N7O5. The average molecular weight is 802 g/mol. The van der Waals surface area contributed by atoms with Crippen molar-refractivity contribution in [2.24, 2.45) is 5.73 Å². The molecule has 0 atom stereocenters. The van der Waals surface area contributed by atoms with Gasteiger partial charge < -0.3 is 21.7 Å². The third-order valence-electron chi connectivity index (χ3n) is 9.41. The first-order valence-corrected chi connectivity index (χ1v) is 18.4. The number of hydrogen-bond donors (Lipinski definition) is 6. The number of carbonyl (C=O) groups is 4. The highest BCUT2D eigenvalue weighted by atomic mass is 35.5. The van der Waals surface area contributed by atoms with Crippen LogP contribution in [0.25, 0.3) is 11.1 Å². The Labute approximate surface area is 331 Å². The van der Waals surface area contributed by atoms with E-state index in [1.807, 2.05) is 12.1 Å². The van der Waals surface area contributed by atoms with Crippen LogP contribution in [0.2, 0.25) is 5.02 Å². The number of aliphatic hydroxyl groups is 1. The molecule has 296 valence electrons. The molecule has 4 aromatic rings. The summed E-state index contributed by atoms with van der Waals surface area (Å²) in [6.07, 6.45) is -3.84. The van der Waals surface area contributed by atoms with E-state index in [9.17, 15) is 37.5 Å². The van der Waals surface area contributed by atoms with E-state index in [0.29, 0.717) is 38.8 Å². The minimum absolute atomic E-state index is 0.00362. The van der Waals surface area contributed by atoms with Crippen LogP contribution < -0.4 is 37.2 Å². The summed E-state index contributed by atoms with van der Waals surface area (Å²) >= 11 is 6.40. The summed E-state index contributed by atoms with van der Waals surface area (Å²) in [5.41, 5.74) is 19.3. The molecule has 0 saturated carbocycles. The van der Waals surface area contributed by atoms with Gasteiger partial charge in [-0.3, -0.25) is 35.0 Å². The first-order chi connectivity index (χ1) is 27.2. The van der Waals surface area contributed by atoms with E-state index in [1.54, 1.807) is 68.4 Å². The van der Waals surface area contributed by atoms with E-state index >= 15 is 0 Å². The van der Waals surface area contributed by atoms with Crippen LogP contribution in [0.1, 0.15) is 60.4 Å². The van der Waals surface area contributed by atoms with Gasteiger partial charge in [-0.05, 0) is 92.3 Å². The Morgan fingerprint density at radius 1 is 0.772 bits per heavy atom. The summed E-state index contributed by atoms with van der Waals surface area (Å²) in [4.78, 5) is 55.6. The number of alkyl halides is 3. The zero-order valence-corrected chi connectivity index (χ0v) is 31.6. The van der Waals surface area contributed by atoms with E-state index < -0.39 is 29.6 Å². The Kier molecular flexibility index (Phi) is 11.9. The van der Waals surface area contributed by atoms with Gasteiger partial charge in [0.1, 0.15) is 0 Å². The fourth-order valence-electron chi connectivity index (χ4n) is 6.90. The van der Waals surface area contributed by atoms with Gasteiger partial charge in [-0.2, -0.15) is 13.2 Å². The number of carbonyl (C=O) groups excluding carboxylic acids is 4. The zero-order chi connectivity index (χ0) is 41.0. The van der Waals surface area contributed by atoms with E-state index in [4.69, 9.17) is 17.3 Å². The fourth-order valence-corrected chi connectivity index (χ4v) is 7.06. The van der Waals surface area contributed by atoms with Crippen LogP contribution in [0, 0.1) is 6.92 Å². The lowest BCUT2D eigenvalue weighted by Gasteiger charge is -2.21. The minimum atomic E-state index is -4.70. The number of aliphatic hydroxyl groups excluding tert-OH is 1. The average Bonchev–Trinajstić information content (AvgIpc) is 3.62. The van der Waals surface area contributed by atoms with Crippen LogP contribution in [-0.4, -0.2) is 35.5 Å². The second kappa shape index (κ2) is 16.8. The van der Waals surface area contributed by atoms with Crippen LogP contribution in [0.3, 0.4) is 0 Å². The van der Waals surface area contributed by atoms with Gasteiger partial charge in [-0.15, -0.1) is 0 Å². The largest absolute Gasteiger partial charge is 0.416 e. The molecule has 2 aliphatic heterocycles. The molecule has 16 heteroatoms. The summed E-state index contributed by atoms with van der Waals surface area (Å²) in [7, 11) is 0. The molecule has 6 rings (SSSR count). The van der Waals surface area contributed by atoms with Crippen molar-refractivity contribution in [1.82, 2.24) is 21.7 Å². The maximum Gasteiger partial charge on any atom is 0.416 e. The molecule has 12 nitrogen and oxygen atoms in total. The van der Waals surface area contributed by atoms with Gasteiger partial charge in [-0.25, -0.2) is 4.79 Å². The SMILES string of the molecule is CC/C(NNC(N)=O)=C1/C(=O)N(c2cc(C)cc(CC/C(NNC(=O)CCCO)=C3/C(=O)N(c4ccccc4)c4cc(Cl)ccc43)c2)c2cc(C(F)(F)F)ccc21. The second-order valence-corrected chi connectivity index (χ2v) is 13.8. The van der Waals surface area contributed by atoms with E-state index in [1.165, 1.54) is 15.9 Å². The van der Waals surface area contributed by atoms with Crippen molar-refractivity contribution in [3.63, 3.8) is 0 Å². The van der Waals surface area contributed by atoms with Crippen molar-refractivity contribution in [1.29, 1.82) is 0 Å². The number of para-hydroxylation sites is 1. The lowest BCUT2D eigenvalue weighted by Crippen LogP contribution is -2.41. The van der Waals surface area contributed by atoms with Gasteiger partial charge in [0.05, 0.1) is 28.1 Å². The first kappa shape index (κ1) is 40.3. The van der Waals surface area contributed by atoms with Crippen LogP contribution in [-0.2, 0) is 27.0 Å². The van der Waals surface area contributed by atoms with Crippen LogP contribution >= 0.6 is 11.6 Å². The van der Waals surface area contributed by atoms with Crippen molar-refractivity contribution in [3.8, 4) is 0 Å². The molecule has 0 saturated heterocycles. The maximum atomic E-state index is 14.3. The van der Waals surface area contributed by atoms with Gasteiger partial charge in [0, 0.05) is 51.9 Å². The molecular weight excluding hydrogens is 763 g/mol. The summed E-state index contributed by atoms with van der Waals surface area (Å²) in [6.45, 7) is 3.30. The van der Waals surface area contributed by atoms with Crippen molar-refractivity contribution in [2.75, 3.05) is 16.4 Å². The predicted molar refractivity (Wildman–Crippen MR) is 211 cm³/mol. The molecule has 0 unspecified atom stereocenters. The number of fused-ring (bicyclic) bond motifs is 2. The number of amides is 5. The number of nitrogens with two attached hydrogens (primary N) is 1. The number of anilines is 4. The standard InChI is InChI=1S/C41H39ClF3N7O5/c1-3-31(47-50-40(46)57)36-29-14-12-25(41(43,44)45)21-33(29)52(38(36)55)28-19-23(2)18-24(20-28)11-16-32(48-49-35(54)10-7-17-53)37-30-15-13-26(42)22-34(30)51(39(37)56)27-8-5-4-6-9-27/h4-6,8-9,12-15,18-22,47-48,53H,3,7,10-11,16-17H2,1-2H3,(H,49,54)(H3,46,50,57)/b36-31-,37-32-. The van der Waals surface area contributed by atoms with Gasteiger partial charge >= 0.3 is 12.2 Å². The second-order valence-electron chi connectivity index (χ2n) is 13.4. The van der Waals surface area contributed by atoms with Crippen LogP contribution in [0.5, 0.6) is 0 Å². The van der Waals surface area contributed by atoms with Crippen molar-refractivity contribution in [3.05, 3.63) is 129 Å². The Bertz CT molecular complexity index is 2310. The number of rotatable bonds is 13. The van der Waals surface area contributed by atoms with Crippen molar-refractivity contribution in [2.45, 2.75) is 52.1 Å². The molecule has 7 N–H and O–H groups in total. The molecule has 2 heterocycles. The highest BCUT2D eigenvalue weighted by Gasteiger charge is 2.40. The Morgan fingerprint density at radius 2 is 1.40 bits per heavy atom. The molecule has 2 aliphatic rings. The third kappa shape index (κ3) is 8.59. The summed E-state index contributed by atoms with van der Waals surface area (Å²) < 4.78 is 42.0. The molecule has 0 aliphatic carbocycles. The Balaban J connectivity index is 1.41. The predicted octanol–water partition coefficient (Wildman–Crippen LogP) is 7.06. The first-order valence-electron chi connectivity index (χ1n) is 18.0. The van der Waals surface area contributed by atoms with Crippen LogP contribution in [0.15, 0.2) is 96.3 Å². The lowest BCUT2D eigenvalue weighted by atomic mass is 9.99. The monoisotopic (exact) mass is 801 g/mol. The highest BCUT2D eigenvalue weighted by Crippen LogP contribution is 2.47. The maximum absolute atomic E-state index is 14.3. The molecule has 0 aromatic heterocycles. The van der Waals surface area contributed by atoms with Gasteiger partial charge in [0.2, 0.25) is 5.91 Å². The summed E-state index contributed by atoms with van der Waals surface area (Å²) in [5, 5.41) is 9.66. The van der Waals surface area contributed by atoms with Gasteiger partial charge in [0.15, 0.2) is 0 Å². The fraction of sp³-hybridized carbons (Fsp3) is 0.220. The molecule has 5 amide bonds. The zero-order valence-electron chi connectivity index (χ0n) is 30.9. The number of hydrazine groups is 2. The summed E-state index contributed by atoms with van der Waals surface area (Å²) in [6, 6.07) is 21.4. The van der Waals surface area contributed by atoms with E-state index in [-0.39, 0.29) is 78.4 Å². The Morgan fingerprint density at radius 3 is 2.05 bits per heavy atom. The number of aryl methyl sites for hydroxylation is 2. The third-order valence-corrected chi connectivity index (χ3v) is 9.64. The molecule has 4 aromatic carbocycles. The number of benzene rings is 4. The molecule has 0 bridgehead atoms. The van der Waals surface area contributed by atoms with E-state index in [2.05, 4.69) is 21.7 Å². The number of urea groups is 1. The summed E-state index contributed by atoms with van der Waals surface area (Å²) in [5.74, 6) is -1.41. The minimum Gasteiger partial charge on any atom is -0.396 e. The topological polar surface area (TPSA) is 169 Å². The van der Waals surface area contributed by atoms with Crippen LogP contribution in [0.4, 0.5) is 40.7 Å². The highest BCUT2D eigenvalue weighted by molar-refractivity contribution is 6.37. The molecule has 0 fully saturated rings. The molecule has 0 radical (unpaired) electrons. The lowest BCUT2D eigenvalue weighted by molar-refractivity contribution is -0.137. The quantitative estimate of drug-likeness (QED) is 0.0622. The normalized spacial score (nSPS) is 15.3. The van der Waals surface area contributed by atoms with Crippen molar-refractivity contribution < 1.29 is 37.5 Å². The number of primary amides is 1. The number of nitrogens with zero attached hydrogens (tertiary/aromatic N) is 2. The van der Waals surface area contributed by atoms with Gasteiger partial charge in [-0.1, -0.05) is 54.9 Å². The van der Waals surface area contributed by atoms with E-state index in [0.717, 1.165) is 12.1 Å². The smallest absolute Gasteiger partial charge is 0.396 e. The Hall–Kier alpha value is -6.32. The van der Waals surface area contributed by atoms with Crippen molar-refractivity contribution >= 4 is 69.2 Å². The number of allylic oxidation sites excluding steroid dienone is 2.